The molecule has 0 aliphatic carbocycles. The molecule has 1 unspecified atom stereocenters. The van der Waals surface area contributed by atoms with E-state index in [1.165, 1.54) is 9.80 Å². The number of carbonyl (C=O) groups excluding carboxylic acids is 3. The van der Waals surface area contributed by atoms with Crippen LogP contribution in [-0.2, 0) is 9.59 Å². The Kier molecular flexibility index (Phi) is 5.08. The fourth-order valence-corrected chi connectivity index (χ4v) is 1.75. The molecule has 102 valence electrons. The van der Waals surface area contributed by atoms with Crippen LogP contribution in [0.15, 0.2) is 0 Å². The highest BCUT2D eigenvalue weighted by Crippen LogP contribution is 2.11. The average Bonchev–Trinajstić information content (AvgIpc) is 2.59. The van der Waals surface area contributed by atoms with Crippen molar-refractivity contribution in [3.8, 4) is 0 Å². The highest BCUT2D eigenvalue weighted by Gasteiger charge is 2.36. The van der Waals surface area contributed by atoms with Crippen molar-refractivity contribution >= 4 is 17.8 Å². The van der Waals surface area contributed by atoms with E-state index in [1.54, 1.807) is 21.0 Å². The van der Waals surface area contributed by atoms with Crippen molar-refractivity contribution in [1.29, 1.82) is 0 Å². The third-order valence-corrected chi connectivity index (χ3v) is 2.76. The van der Waals surface area contributed by atoms with Crippen molar-refractivity contribution < 1.29 is 14.4 Å². The highest BCUT2D eigenvalue weighted by atomic mass is 16.2. The molecular weight excluding hydrogens is 236 g/mol. The van der Waals surface area contributed by atoms with Crippen molar-refractivity contribution in [3.05, 3.63) is 0 Å². The first-order chi connectivity index (χ1) is 8.47. The number of rotatable bonds is 5. The van der Waals surface area contributed by atoms with Crippen LogP contribution >= 0.6 is 0 Å². The third-order valence-electron chi connectivity index (χ3n) is 2.76. The van der Waals surface area contributed by atoms with E-state index in [4.69, 9.17) is 0 Å². The maximum absolute atomic E-state index is 11.7. The molecule has 2 N–H and O–H groups in total. The number of imide groups is 1. The molecule has 1 atom stereocenters. The molecule has 0 saturated carbocycles. The van der Waals surface area contributed by atoms with Crippen molar-refractivity contribution in [2.24, 2.45) is 0 Å². The monoisotopic (exact) mass is 256 g/mol. The van der Waals surface area contributed by atoms with E-state index in [0.29, 0.717) is 19.6 Å². The Balaban J connectivity index is 2.27. The molecule has 0 aromatic heterocycles. The number of hydrogen-bond acceptors (Lipinski definition) is 4. The summed E-state index contributed by atoms with van der Waals surface area (Å²) in [6.07, 6.45) is 0.203. The summed E-state index contributed by atoms with van der Waals surface area (Å²) in [6.45, 7) is 3.06. The van der Waals surface area contributed by atoms with E-state index in [-0.39, 0.29) is 24.3 Å². The van der Waals surface area contributed by atoms with E-state index in [1.807, 2.05) is 0 Å². The zero-order valence-electron chi connectivity index (χ0n) is 11.0. The van der Waals surface area contributed by atoms with Gasteiger partial charge in [-0.1, -0.05) is 0 Å². The number of amides is 4. The van der Waals surface area contributed by atoms with Gasteiger partial charge in [0, 0.05) is 33.7 Å². The van der Waals surface area contributed by atoms with Gasteiger partial charge in [-0.15, -0.1) is 0 Å². The number of likely N-dealkylation sites (N-methyl/N-ethyl adjacent to an activating group) is 1. The number of nitrogens with one attached hydrogen (secondary N) is 2. The van der Waals surface area contributed by atoms with E-state index in [2.05, 4.69) is 10.6 Å². The fraction of sp³-hybridized carbons (Fsp3) is 0.727. The van der Waals surface area contributed by atoms with Crippen LogP contribution in [0.2, 0.25) is 0 Å². The van der Waals surface area contributed by atoms with Crippen LogP contribution in [0.1, 0.15) is 13.3 Å². The van der Waals surface area contributed by atoms with E-state index in [0.717, 1.165) is 0 Å². The molecule has 1 fully saturated rings. The average molecular weight is 256 g/mol. The van der Waals surface area contributed by atoms with Gasteiger partial charge in [-0.2, -0.15) is 0 Å². The molecule has 0 aromatic rings. The molecule has 0 bridgehead atoms. The molecule has 0 spiro atoms. The lowest BCUT2D eigenvalue weighted by atomic mass is 10.2. The summed E-state index contributed by atoms with van der Waals surface area (Å²) in [5.41, 5.74) is 0. The Bertz CT molecular complexity index is 343. The van der Waals surface area contributed by atoms with Crippen molar-refractivity contribution in [2.75, 3.05) is 33.7 Å². The second kappa shape index (κ2) is 6.34. The third kappa shape index (κ3) is 3.43. The van der Waals surface area contributed by atoms with Crippen LogP contribution < -0.4 is 10.6 Å². The summed E-state index contributed by atoms with van der Waals surface area (Å²) >= 11 is 0. The topological polar surface area (TPSA) is 81.8 Å². The van der Waals surface area contributed by atoms with Gasteiger partial charge >= 0.3 is 6.03 Å². The first-order valence-electron chi connectivity index (χ1n) is 6.00. The normalized spacial score (nSPS) is 19.3. The van der Waals surface area contributed by atoms with Crippen LogP contribution in [0, 0.1) is 0 Å². The molecule has 0 radical (unpaired) electrons. The van der Waals surface area contributed by atoms with E-state index >= 15 is 0 Å². The summed E-state index contributed by atoms with van der Waals surface area (Å²) in [5, 5.41) is 5.65. The quantitative estimate of drug-likeness (QED) is 0.488. The van der Waals surface area contributed by atoms with Crippen molar-refractivity contribution in [1.82, 2.24) is 20.4 Å². The number of nitrogens with zero attached hydrogens (tertiary/aromatic N) is 2. The minimum absolute atomic E-state index is 0.141. The van der Waals surface area contributed by atoms with Crippen LogP contribution in [0.3, 0.4) is 0 Å². The first-order valence-corrected chi connectivity index (χ1v) is 6.00. The molecule has 1 aliphatic heterocycles. The smallest absolute Gasteiger partial charge is 0.316 e. The van der Waals surface area contributed by atoms with Gasteiger partial charge in [0.25, 0.3) is 0 Å². The second-order valence-electron chi connectivity index (χ2n) is 4.31. The molecule has 7 heteroatoms. The van der Waals surface area contributed by atoms with Crippen molar-refractivity contribution in [2.45, 2.75) is 19.4 Å². The zero-order valence-corrected chi connectivity index (χ0v) is 11.0. The summed E-state index contributed by atoms with van der Waals surface area (Å²) in [5.74, 6) is -0.321. The number of hydrogen-bond donors (Lipinski definition) is 2. The summed E-state index contributed by atoms with van der Waals surface area (Å²) in [7, 11) is 3.31. The Morgan fingerprint density at radius 2 is 2.06 bits per heavy atom. The molecule has 0 aromatic carbocycles. The van der Waals surface area contributed by atoms with Gasteiger partial charge < -0.3 is 15.5 Å². The Labute approximate surface area is 106 Å². The lowest BCUT2D eigenvalue weighted by Crippen LogP contribution is -2.43. The molecule has 1 heterocycles. The number of carbonyl (C=O) groups is 3. The summed E-state index contributed by atoms with van der Waals surface area (Å²) in [4.78, 5) is 37.1. The standard InChI is InChI=1S/C11H20N4O3/c1-4-15-9(16)7-8(10(15)17)12-5-6-13-11(18)14(2)3/h8,12H,4-7H2,1-3H3,(H,13,18). The van der Waals surface area contributed by atoms with Crippen LogP contribution in [0.4, 0.5) is 4.79 Å². The lowest BCUT2D eigenvalue weighted by molar-refractivity contribution is -0.138. The fourth-order valence-electron chi connectivity index (χ4n) is 1.75. The Morgan fingerprint density at radius 1 is 1.39 bits per heavy atom. The van der Waals surface area contributed by atoms with Gasteiger partial charge in [0.15, 0.2) is 0 Å². The van der Waals surface area contributed by atoms with Crippen molar-refractivity contribution in [3.63, 3.8) is 0 Å². The summed E-state index contributed by atoms with van der Waals surface area (Å²) in [6, 6.07) is -0.630. The van der Waals surface area contributed by atoms with Crippen LogP contribution in [0.25, 0.3) is 0 Å². The molecule has 7 nitrogen and oxygen atoms in total. The predicted octanol–water partition coefficient (Wildman–Crippen LogP) is -1.01. The van der Waals surface area contributed by atoms with Gasteiger partial charge in [0.1, 0.15) is 0 Å². The molecule has 18 heavy (non-hydrogen) atoms. The SMILES string of the molecule is CCN1C(=O)CC(NCCNC(=O)N(C)C)C1=O. The molecule has 4 amide bonds. The van der Waals surface area contributed by atoms with Crippen LogP contribution in [-0.4, -0.2) is 67.4 Å². The largest absolute Gasteiger partial charge is 0.337 e. The predicted molar refractivity (Wildman–Crippen MR) is 65.9 cm³/mol. The van der Waals surface area contributed by atoms with Gasteiger partial charge in [0.05, 0.1) is 12.5 Å². The van der Waals surface area contributed by atoms with Gasteiger partial charge in [-0.25, -0.2) is 4.79 Å². The minimum atomic E-state index is -0.450. The molecule has 1 aliphatic rings. The van der Waals surface area contributed by atoms with Crippen LogP contribution in [0.5, 0.6) is 0 Å². The Morgan fingerprint density at radius 3 is 2.56 bits per heavy atom. The molecule has 1 saturated heterocycles. The molecular formula is C11H20N4O3. The summed E-state index contributed by atoms with van der Waals surface area (Å²) < 4.78 is 0. The first kappa shape index (κ1) is 14.4. The van der Waals surface area contributed by atoms with Gasteiger partial charge in [0.2, 0.25) is 11.8 Å². The second-order valence-corrected chi connectivity index (χ2v) is 4.31. The zero-order chi connectivity index (χ0) is 13.7. The minimum Gasteiger partial charge on any atom is -0.337 e. The Hall–Kier alpha value is -1.63. The van der Waals surface area contributed by atoms with Gasteiger partial charge in [-0.05, 0) is 6.92 Å². The highest BCUT2D eigenvalue weighted by molar-refractivity contribution is 6.05. The van der Waals surface area contributed by atoms with Gasteiger partial charge in [-0.3, -0.25) is 14.5 Å². The van der Waals surface area contributed by atoms with E-state index in [9.17, 15) is 14.4 Å². The van der Waals surface area contributed by atoms with E-state index < -0.39 is 6.04 Å². The maximum Gasteiger partial charge on any atom is 0.316 e. The lowest BCUT2D eigenvalue weighted by Gasteiger charge is -2.14. The maximum atomic E-state index is 11.7. The number of urea groups is 1. The number of likely N-dealkylation sites (tertiary alicyclic amines) is 1. The molecule has 1 rings (SSSR count).